The average Bonchev–Trinajstić information content (AvgIpc) is 2.79. The summed E-state index contributed by atoms with van der Waals surface area (Å²) in [5, 5.41) is 32.0. The molecule has 0 unspecified atom stereocenters. The third-order valence-electron chi connectivity index (χ3n) is 6.71. The van der Waals surface area contributed by atoms with E-state index in [1.54, 1.807) is 0 Å². The van der Waals surface area contributed by atoms with Crippen molar-refractivity contribution in [3.63, 3.8) is 0 Å². The summed E-state index contributed by atoms with van der Waals surface area (Å²) in [4.78, 5) is 37.7. The molecule has 1 aliphatic carbocycles. The Kier molecular flexibility index (Phi) is 8.36. The van der Waals surface area contributed by atoms with Gasteiger partial charge in [0, 0.05) is 31.6 Å². The number of benzene rings is 2. The minimum atomic E-state index is -1.95. The molecule has 0 bridgehead atoms. The number of aliphatic hydroxyl groups is 3. The molecule has 0 heterocycles. The molecule has 0 aromatic heterocycles. The summed E-state index contributed by atoms with van der Waals surface area (Å²) in [6, 6.07) is 16.7. The lowest BCUT2D eigenvalue weighted by Gasteiger charge is -2.41. The second-order valence-corrected chi connectivity index (χ2v) is 9.58. The van der Waals surface area contributed by atoms with Crippen molar-refractivity contribution in [3.8, 4) is 0 Å². The normalized spacial score (nSPS) is 25.5. The van der Waals surface area contributed by atoms with Gasteiger partial charge in [-0.2, -0.15) is 0 Å². The van der Waals surface area contributed by atoms with Crippen molar-refractivity contribution in [1.82, 2.24) is 0 Å². The zero-order valence-corrected chi connectivity index (χ0v) is 19.4. The maximum atomic E-state index is 13.1. The van der Waals surface area contributed by atoms with Crippen LogP contribution in [0.3, 0.4) is 0 Å². The van der Waals surface area contributed by atoms with E-state index in [4.69, 9.17) is 5.73 Å². The number of carbonyl (C=O) groups is 3. The number of amides is 1. The van der Waals surface area contributed by atoms with Crippen LogP contribution in [-0.4, -0.2) is 50.6 Å². The van der Waals surface area contributed by atoms with Gasteiger partial charge in [-0.25, -0.2) is 0 Å². The van der Waals surface area contributed by atoms with Crippen LogP contribution in [0.4, 0.5) is 0 Å². The summed E-state index contributed by atoms with van der Waals surface area (Å²) >= 11 is 0. The Hall–Kier alpha value is -2.87. The first kappa shape index (κ1) is 25.7. The van der Waals surface area contributed by atoms with Gasteiger partial charge in [-0.3, -0.25) is 14.4 Å². The standard InChI is InChI=1S/C27H33NO6/c1-17-7-9-19(10-8-17)12-22(29)13-21-15-27(34,16-23(30)25(21)32)24(31)14-20(26(28)33)11-18-5-3-2-4-6-18/h2-10,20-21,23,25,30,32,34H,11-16H2,1H3,(H2,28,33)/t20-,21-,23+,25+,27-/m0/s1. The Morgan fingerprint density at radius 1 is 1.00 bits per heavy atom. The Morgan fingerprint density at radius 3 is 2.26 bits per heavy atom. The predicted molar refractivity (Wildman–Crippen MR) is 127 cm³/mol. The lowest BCUT2D eigenvalue weighted by molar-refractivity contribution is -0.163. The molecule has 5 N–H and O–H groups in total. The van der Waals surface area contributed by atoms with E-state index in [0.29, 0.717) is 0 Å². The number of aryl methyl sites for hydroxylation is 1. The second-order valence-electron chi connectivity index (χ2n) is 9.58. The predicted octanol–water partition coefficient (Wildman–Crippen LogP) is 1.66. The fourth-order valence-electron chi connectivity index (χ4n) is 4.72. The number of rotatable bonds is 10. The number of carbonyl (C=O) groups excluding carboxylic acids is 3. The lowest BCUT2D eigenvalue weighted by atomic mass is 9.69. The van der Waals surface area contributed by atoms with Gasteiger partial charge in [-0.15, -0.1) is 0 Å². The molecular weight excluding hydrogens is 434 g/mol. The van der Waals surface area contributed by atoms with Crippen LogP contribution in [0.15, 0.2) is 54.6 Å². The zero-order chi connectivity index (χ0) is 24.9. The van der Waals surface area contributed by atoms with Crippen molar-refractivity contribution in [2.45, 2.75) is 63.3 Å². The van der Waals surface area contributed by atoms with Crippen LogP contribution in [0.1, 0.15) is 42.4 Å². The summed E-state index contributed by atoms with van der Waals surface area (Å²) < 4.78 is 0. The molecule has 182 valence electrons. The number of Topliss-reactive ketones (excluding diaryl/α,β-unsaturated/α-hetero) is 2. The monoisotopic (exact) mass is 467 g/mol. The number of hydrogen-bond acceptors (Lipinski definition) is 6. The highest BCUT2D eigenvalue weighted by Gasteiger charge is 2.49. The number of hydrogen-bond donors (Lipinski definition) is 4. The van der Waals surface area contributed by atoms with Crippen molar-refractivity contribution >= 4 is 17.5 Å². The minimum Gasteiger partial charge on any atom is -0.390 e. The first-order valence-electron chi connectivity index (χ1n) is 11.6. The largest absolute Gasteiger partial charge is 0.390 e. The molecule has 1 fully saturated rings. The van der Waals surface area contributed by atoms with E-state index < -0.39 is 41.3 Å². The fourth-order valence-corrected chi connectivity index (χ4v) is 4.72. The van der Waals surface area contributed by atoms with E-state index >= 15 is 0 Å². The Balaban J connectivity index is 1.67. The Labute approximate surface area is 199 Å². The van der Waals surface area contributed by atoms with E-state index in [0.717, 1.165) is 16.7 Å². The van der Waals surface area contributed by atoms with Crippen molar-refractivity contribution in [3.05, 3.63) is 71.3 Å². The zero-order valence-electron chi connectivity index (χ0n) is 19.4. The quantitative estimate of drug-likeness (QED) is 0.419. The van der Waals surface area contributed by atoms with Crippen molar-refractivity contribution in [2.24, 2.45) is 17.6 Å². The van der Waals surface area contributed by atoms with E-state index in [-0.39, 0.29) is 44.3 Å². The molecule has 0 spiro atoms. The molecule has 0 aliphatic heterocycles. The maximum Gasteiger partial charge on any atom is 0.221 e. The molecule has 3 rings (SSSR count). The summed E-state index contributed by atoms with van der Waals surface area (Å²) in [6.07, 6.45) is -3.06. The fraction of sp³-hybridized carbons (Fsp3) is 0.444. The third-order valence-corrected chi connectivity index (χ3v) is 6.71. The first-order chi connectivity index (χ1) is 16.1. The van der Waals surface area contributed by atoms with Crippen LogP contribution in [0.5, 0.6) is 0 Å². The van der Waals surface area contributed by atoms with Gasteiger partial charge in [0.2, 0.25) is 5.91 Å². The van der Waals surface area contributed by atoms with Gasteiger partial charge in [-0.1, -0.05) is 60.2 Å². The Morgan fingerprint density at radius 2 is 1.65 bits per heavy atom. The number of ketones is 2. The van der Waals surface area contributed by atoms with Gasteiger partial charge in [0.25, 0.3) is 0 Å². The van der Waals surface area contributed by atoms with Crippen LogP contribution >= 0.6 is 0 Å². The average molecular weight is 468 g/mol. The van der Waals surface area contributed by atoms with Gasteiger partial charge in [0.15, 0.2) is 5.78 Å². The molecule has 1 aliphatic rings. The SMILES string of the molecule is Cc1ccc(CC(=O)C[C@H]2C[C@@](O)(C(=O)C[C@H](Cc3ccccc3)C(N)=O)C[C@@H](O)[C@@H]2O)cc1. The molecule has 5 atom stereocenters. The highest BCUT2D eigenvalue weighted by Crippen LogP contribution is 2.37. The lowest BCUT2D eigenvalue weighted by Crippen LogP contribution is -2.54. The van der Waals surface area contributed by atoms with Crippen LogP contribution in [0.2, 0.25) is 0 Å². The van der Waals surface area contributed by atoms with Gasteiger partial charge in [0.05, 0.1) is 12.2 Å². The Bertz CT molecular complexity index is 1010. The van der Waals surface area contributed by atoms with Gasteiger partial charge in [-0.05, 0) is 36.8 Å². The van der Waals surface area contributed by atoms with Gasteiger partial charge >= 0.3 is 0 Å². The molecule has 0 saturated heterocycles. The molecule has 1 saturated carbocycles. The van der Waals surface area contributed by atoms with Crippen LogP contribution in [-0.2, 0) is 27.2 Å². The molecule has 7 heteroatoms. The highest BCUT2D eigenvalue weighted by atomic mass is 16.3. The second kappa shape index (κ2) is 11.0. The van der Waals surface area contributed by atoms with Crippen LogP contribution < -0.4 is 5.73 Å². The molecule has 1 amide bonds. The van der Waals surface area contributed by atoms with Crippen molar-refractivity contribution in [1.29, 1.82) is 0 Å². The molecule has 0 radical (unpaired) electrons. The van der Waals surface area contributed by atoms with Crippen molar-refractivity contribution < 1.29 is 29.7 Å². The number of primary amides is 1. The highest BCUT2D eigenvalue weighted by molar-refractivity contribution is 5.91. The smallest absolute Gasteiger partial charge is 0.221 e. The topological polar surface area (TPSA) is 138 Å². The number of aliphatic hydroxyl groups excluding tert-OH is 2. The van der Waals surface area contributed by atoms with Gasteiger partial charge < -0.3 is 21.1 Å². The first-order valence-corrected chi connectivity index (χ1v) is 11.6. The third kappa shape index (κ3) is 6.59. The molecule has 2 aromatic rings. The molecule has 34 heavy (non-hydrogen) atoms. The summed E-state index contributed by atoms with van der Waals surface area (Å²) in [5.74, 6) is -3.02. The molecule has 2 aromatic carbocycles. The van der Waals surface area contributed by atoms with E-state index in [9.17, 15) is 29.7 Å². The number of nitrogens with two attached hydrogens (primary N) is 1. The van der Waals surface area contributed by atoms with Crippen LogP contribution in [0, 0.1) is 18.8 Å². The molecular formula is C27H33NO6. The van der Waals surface area contributed by atoms with E-state index in [1.807, 2.05) is 61.5 Å². The van der Waals surface area contributed by atoms with Crippen LogP contribution in [0.25, 0.3) is 0 Å². The summed E-state index contributed by atoms with van der Waals surface area (Å²) in [7, 11) is 0. The van der Waals surface area contributed by atoms with Gasteiger partial charge in [0.1, 0.15) is 11.4 Å². The summed E-state index contributed by atoms with van der Waals surface area (Å²) in [6.45, 7) is 1.95. The van der Waals surface area contributed by atoms with E-state index in [2.05, 4.69) is 0 Å². The minimum absolute atomic E-state index is 0.0784. The molecule has 7 nitrogen and oxygen atoms in total. The van der Waals surface area contributed by atoms with E-state index in [1.165, 1.54) is 0 Å². The summed E-state index contributed by atoms with van der Waals surface area (Å²) in [5.41, 5.74) is 6.32. The maximum absolute atomic E-state index is 13.1. The van der Waals surface area contributed by atoms with Crippen molar-refractivity contribution in [2.75, 3.05) is 0 Å².